The molecule has 2 unspecified atom stereocenters. The molecule has 0 saturated heterocycles. The van der Waals surface area contributed by atoms with Crippen LogP contribution in [0.25, 0.3) is 0 Å². The SMILES string of the molecule is CC/C=C\C/C=C\C/C=C\C/C=C\C/C=C\C/C=C\CCCCCCCCCCCCCCCCCCCCCCCCC(=O)OCC(COC(OCC[N+](C)(C)C)C(=O)O)OC(=O)CCCCCCCCCCCCCCCCCCCCCCCC/C=C\C/C=C\C/C=C\C/C=C\C/C=C\C/C=C\CC. The number of esters is 2. The fourth-order valence-electron chi connectivity index (χ4n) is 12.9. The van der Waals surface area contributed by atoms with Crippen LogP contribution in [-0.4, -0.2) is 87.4 Å². The first kappa shape index (κ1) is 102. The quantitative estimate of drug-likeness (QED) is 0.0211. The molecule has 1 N–H and O–H groups in total. The lowest BCUT2D eigenvalue weighted by atomic mass is 10.0. The summed E-state index contributed by atoms with van der Waals surface area (Å²) in [6.45, 7) is 4.69. The first-order chi connectivity index (χ1) is 52.6. The number of allylic oxidation sites excluding steroid dienone is 24. The fourth-order valence-corrected chi connectivity index (χ4v) is 12.9. The average Bonchev–Trinajstić information content (AvgIpc) is 0.928. The zero-order chi connectivity index (χ0) is 77.4. The number of nitrogens with zero attached hydrogens (tertiary/aromatic N) is 1. The van der Waals surface area contributed by atoms with E-state index in [4.69, 9.17) is 18.9 Å². The summed E-state index contributed by atoms with van der Waals surface area (Å²) in [5, 5.41) is 9.80. The van der Waals surface area contributed by atoms with Gasteiger partial charge in [0.1, 0.15) is 13.2 Å². The summed E-state index contributed by atoms with van der Waals surface area (Å²) in [6, 6.07) is 0. The van der Waals surface area contributed by atoms with E-state index in [-0.39, 0.29) is 38.2 Å². The number of hydrogen-bond acceptors (Lipinski definition) is 7. The maximum absolute atomic E-state index is 13.0. The lowest BCUT2D eigenvalue weighted by Gasteiger charge is -2.25. The summed E-state index contributed by atoms with van der Waals surface area (Å²) >= 11 is 0. The Kier molecular flexibility index (Phi) is 82.8. The number of carbonyl (C=O) groups is 3. The van der Waals surface area contributed by atoms with Gasteiger partial charge in [0.15, 0.2) is 6.10 Å². The van der Waals surface area contributed by atoms with E-state index in [9.17, 15) is 19.5 Å². The number of aliphatic carboxylic acids is 1. The molecule has 9 nitrogen and oxygen atoms in total. The monoisotopic (exact) mass is 1490 g/mol. The minimum atomic E-state index is -1.51. The number of carboxylic acid groups (broad SMARTS) is 1. The van der Waals surface area contributed by atoms with Gasteiger partial charge in [0.05, 0.1) is 34.4 Å². The van der Waals surface area contributed by atoms with Crippen molar-refractivity contribution < 1.29 is 42.9 Å². The van der Waals surface area contributed by atoms with Crippen molar-refractivity contribution in [3.63, 3.8) is 0 Å². The third-order valence-corrected chi connectivity index (χ3v) is 19.6. The van der Waals surface area contributed by atoms with Crippen molar-refractivity contribution in [3.05, 3.63) is 146 Å². The van der Waals surface area contributed by atoms with Crippen LogP contribution in [0.4, 0.5) is 0 Å². The van der Waals surface area contributed by atoms with Crippen LogP contribution in [0.15, 0.2) is 146 Å². The van der Waals surface area contributed by atoms with E-state index in [0.717, 1.165) is 116 Å². The molecule has 0 fully saturated rings. The number of quaternary nitrogens is 1. The van der Waals surface area contributed by atoms with Crippen LogP contribution in [0.2, 0.25) is 0 Å². The number of hydrogen-bond donors (Lipinski definition) is 1. The van der Waals surface area contributed by atoms with Gasteiger partial charge in [-0.15, -0.1) is 0 Å². The summed E-state index contributed by atoms with van der Waals surface area (Å²) in [6.07, 6.45) is 125. The second-order valence-electron chi connectivity index (χ2n) is 31.1. The molecule has 0 saturated carbocycles. The van der Waals surface area contributed by atoms with Crippen LogP contribution in [0.3, 0.4) is 0 Å². The number of likely N-dealkylation sites (N-methyl/N-ethyl adjacent to an activating group) is 1. The Bertz CT molecular complexity index is 2290. The first-order valence-electron chi connectivity index (χ1n) is 45.0. The van der Waals surface area contributed by atoms with E-state index in [1.54, 1.807) is 0 Å². The highest BCUT2D eigenvalue weighted by atomic mass is 16.7. The van der Waals surface area contributed by atoms with Crippen molar-refractivity contribution in [3.8, 4) is 0 Å². The summed E-state index contributed by atoms with van der Waals surface area (Å²) in [5.41, 5.74) is 0. The predicted molar refractivity (Wildman–Crippen MR) is 465 cm³/mol. The van der Waals surface area contributed by atoms with Crippen LogP contribution in [-0.2, 0) is 33.3 Å². The molecule has 0 amide bonds. The number of rotatable bonds is 83. The Hall–Kier alpha value is -4.83. The van der Waals surface area contributed by atoms with Gasteiger partial charge in [0.25, 0.3) is 6.29 Å². The van der Waals surface area contributed by atoms with Gasteiger partial charge in [-0.2, -0.15) is 0 Å². The van der Waals surface area contributed by atoms with Gasteiger partial charge in [-0.05, 0) is 116 Å². The largest absolute Gasteiger partial charge is 0.477 e. The van der Waals surface area contributed by atoms with Gasteiger partial charge in [0.2, 0.25) is 0 Å². The summed E-state index contributed by atoms with van der Waals surface area (Å²) in [4.78, 5) is 37.8. The average molecular weight is 1490 g/mol. The molecule has 9 heteroatoms. The number of ether oxygens (including phenoxy) is 4. The van der Waals surface area contributed by atoms with Crippen molar-refractivity contribution in [2.45, 2.75) is 411 Å². The highest BCUT2D eigenvalue weighted by molar-refractivity contribution is 5.71. The van der Waals surface area contributed by atoms with Crippen molar-refractivity contribution in [2.24, 2.45) is 0 Å². The standard InChI is InChI=1S/C98H169NO8/c1-6-8-10-12-14-16-18-20-22-24-26-28-30-32-34-36-38-40-42-44-46-48-50-52-54-56-58-60-62-64-66-68-70-72-74-76-78-80-82-84-86-88-95(100)105-92-94(93-106-98(97(102)103)104-91-90-99(3,4)5)107-96(101)89-87-85-83-81-79-77-75-73-71-69-67-65-63-61-59-57-55-53-51-49-47-45-43-41-39-37-35-33-31-29-27-25-23-21-19-17-15-13-11-9-7-2/h8-11,14-17,20-23,26-29,32-35,38-41,94,98H,6-7,12-13,18-19,24-25,30-31,36-37,42-93H2,1-5H3/p+1/b10-8-,11-9-,16-14-,17-15-,22-20-,23-21-,28-26-,29-27-,34-32-,35-33-,40-38-,41-39-. The van der Waals surface area contributed by atoms with E-state index >= 15 is 0 Å². The van der Waals surface area contributed by atoms with Gasteiger partial charge in [-0.3, -0.25) is 9.59 Å². The van der Waals surface area contributed by atoms with Crippen LogP contribution >= 0.6 is 0 Å². The third-order valence-electron chi connectivity index (χ3n) is 19.6. The first-order valence-corrected chi connectivity index (χ1v) is 45.0. The van der Waals surface area contributed by atoms with Crippen molar-refractivity contribution in [2.75, 3.05) is 47.5 Å². The van der Waals surface area contributed by atoms with Gasteiger partial charge in [0, 0.05) is 12.8 Å². The molecular formula is C98H170NO8+. The molecule has 0 aromatic rings. The van der Waals surface area contributed by atoms with E-state index in [1.165, 1.54) is 257 Å². The molecule has 0 aromatic heterocycles. The maximum atomic E-state index is 13.0. The van der Waals surface area contributed by atoms with E-state index < -0.39 is 18.4 Å². The van der Waals surface area contributed by atoms with E-state index in [2.05, 4.69) is 160 Å². The molecule has 0 rings (SSSR count). The molecule has 0 heterocycles. The van der Waals surface area contributed by atoms with Crippen molar-refractivity contribution in [1.29, 1.82) is 0 Å². The molecule has 0 radical (unpaired) electrons. The summed E-state index contributed by atoms with van der Waals surface area (Å²) < 4.78 is 23.1. The van der Waals surface area contributed by atoms with Gasteiger partial charge < -0.3 is 28.5 Å². The highest BCUT2D eigenvalue weighted by Gasteiger charge is 2.25. The fraction of sp³-hybridized carbons (Fsp3) is 0.724. The highest BCUT2D eigenvalue weighted by Crippen LogP contribution is 2.20. The van der Waals surface area contributed by atoms with Gasteiger partial charge in [-0.25, -0.2) is 4.79 Å². The van der Waals surface area contributed by atoms with Crippen molar-refractivity contribution >= 4 is 17.9 Å². The van der Waals surface area contributed by atoms with Crippen LogP contribution in [0, 0.1) is 0 Å². The molecule has 0 aromatic carbocycles. The topological polar surface area (TPSA) is 108 Å². The third kappa shape index (κ3) is 88.3. The predicted octanol–water partition coefficient (Wildman–Crippen LogP) is 29.7. The lowest BCUT2D eigenvalue weighted by molar-refractivity contribution is -0.870. The van der Waals surface area contributed by atoms with Gasteiger partial charge in [-0.1, -0.05) is 417 Å². The van der Waals surface area contributed by atoms with Gasteiger partial charge >= 0.3 is 17.9 Å². The Morgan fingerprint density at radius 2 is 0.505 bits per heavy atom. The molecule has 2 atom stereocenters. The summed E-state index contributed by atoms with van der Waals surface area (Å²) in [5.74, 6) is -1.98. The number of carboxylic acids is 1. The molecular weight excluding hydrogens is 1320 g/mol. The lowest BCUT2D eigenvalue weighted by Crippen LogP contribution is -2.40. The van der Waals surface area contributed by atoms with Crippen LogP contribution in [0.5, 0.6) is 0 Å². The van der Waals surface area contributed by atoms with Crippen LogP contribution in [0.1, 0.15) is 399 Å². The smallest absolute Gasteiger partial charge is 0.361 e. The van der Waals surface area contributed by atoms with E-state index in [0.29, 0.717) is 17.4 Å². The Morgan fingerprint density at radius 3 is 0.748 bits per heavy atom. The molecule has 0 aliphatic rings. The molecule has 614 valence electrons. The second kappa shape index (κ2) is 86.8. The Balaban J connectivity index is 3.94. The Labute approximate surface area is 662 Å². The normalized spacial score (nSPS) is 13.3. The molecule has 0 bridgehead atoms. The molecule has 0 spiro atoms. The Morgan fingerprint density at radius 1 is 0.280 bits per heavy atom. The van der Waals surface area contributed by atoms with Crippen LogP contribution < -0.4 is 0 Å². The second-order valence-corrected chi connectivity index (χ2v) is 31.1. The molecule has 107 heavy (non-hydrogen) atoms. The summed E-state index contributed by atoms with van der Waals surface area (Å²) in [7, 11) is 6.00. The number of unbranched alkanes of at least 4 members (excludes halogenated alkanes) is 44. The minimum absolute atomic E-state index is 0.181. The molecule has 0 aliphatic heterocycles. The van der Waals surface area contributed by atoms with Crippen molar-refractivity contribution in [1.82, 2.24) is 0 Å². The zero-order valence-electron chi connectivity index (χ0n) is 70.5. The maximum Gasteiger partial charge on any atom is 0.361 e. The zero-order valence-corrected chi connectivity index (χ0v) is 70.5. The molecule has 0 aliphatic carbocycles. The number of carbonyl (C=O) groups excluding carboxylic acids is 2. The van der Waals surface area contributed by atoms with E-state index in [1.807, 2.05) is 21.1 Å². The minimum Gasteiger partial charge on any atom is -0.477 e.